The molecule has 0 spiro atoms. The van der Waals surface area contributed by atoms with Crippen molar-refractivity contribution in [3.8, 4) is 5.69 Å². The Balaban J connectivity index is 1.67. The first-order chi connectivity index (χ1) is 10.3. The highest BCUT2D eigenvalue weighted by Crippen LogP contribution is 2.13. The SMILES string of the molecule is CCc1cccc(NCc2ccn(-c3ccccc3)n2)c1. The van der Waals surface area contributed by atoms with E-state index in [0.717, 1.165) is 30.0 Å². The first-order valence-electron chi connectivity index (χ1n) is 7.28. The number of nitrogens with one attached hydrogen (secondary N) is 1. The Hall–Kier alpha value is -2.55. The third-order valence-corrected chi connectivity index (χ3v) is 3.47. The Morgan fingerprint density at radius 1 is 1.00 bits per heavy atom. The minimum atomic E-state index is 0.729. The van der Waals surface area contributed by atoms with Crippen molar-refractivity contribution in [2.24, 2.45) is 0 Å². The molecule has 0 fully saturated rings. The van der Waals surface area contributed by atoms with E-state index in [1.165, 1.54) is 5.56 Å². The normalized spacial score (nSPS) is 10.5. The van der Waals surface area contributed by atoms with E-state index >= 15 is 0 Å². The lowest BCUT2D eigenvalue weighted by atomic mass is 10.1. The van der Waals surface area contributed by atoms with Gasteiger partial charge in [0.1, 0.15) is 0 Å². The molecular weight excluding hydrogens is 258 g/mol. The maximum Gasteiger partial charge on any atom is 0.0819 e. The van der Waals surface area contributed by atoms with Gasteiger partial charge in [0.05, 0.1) is 17.9 Å². The number of para-hydroxylation sites is 1. The van der Waals surface area contributed by atoms with Gasteiger partial charge in [0.25, 0.3) is 0 Å². The fourth-order valence-corrected chi connectivity index (χ4v) is 2.27. The van der Waals surface area contributed by atoms with Gasteiger partial charge in [-0.1, -0.05) is 37.3 Å². The second-order valence-corrected chi connectivity index (χ2v) is 4.99. The second kappa shape index (κ2) is 6.27. The van der Waals surface area contributed by atoms with E-state index in [9.17, 15) is 0 Å². The summed E-state index contributed by atoms with van der Waals surface area (Å²) >= 11 is 0. The first kappa shape index (κ1) is 13.4. The summed E-state index contributed by atoms with van der Waals surface area (Å²) in [5.41, 5.74) is 4.59. The van der Waals surface area contributed by atoms with Crippen LogP contribution in [0.1, 0.15) is 18.2 Å². The fourth-order valence-electron chi connectivity index (χ4n) is 2.27. The molecule has 0 aliphatic heterocycles. The van der Waals surface area contributed by atoms with Gasteiger partial charge in [-0.05, 0) is 42.3 Å². The molecule has 0 aliphatic carbocycles. The van der Waals surface area contributed by atoms with Crippen molar-refractivity contribution in [2.75, 3.05) is 5.32 Å². The van der Waals surface area contributed by atoms with Crippen molar-refractivity contribution in [2.45, 2.75) is 19.9 Å². The van der Waals surface area contributed by atoms with E-state index in [-0.39, 0.29) is 0 Å². The summed E-state index contributed by atoms with van der Waals surface area (Å²) in [6.07, 6.45) is 3.05. The molecule has 0 atom stereocenters. The highest BCUT2D eigenvalue weighted by molar-refractivity contribution is 5.46. The number of hydrogen-bond acceptors (Lipinski definition) is 2. The van der Waals surface area contributed by atoms with Crippen molar-refractivity contribution < 1.29 is 0 Å². The predicted molar refractivity (Wildman–Crippen MR) is 86.7 cm³/mol. The van der Waals surface area contributed by atoms with E-state index in [4.69, 9.17) is 0 Å². The molecular formula is C18H19N3. The van der Waals surface area contributed by atoms with Gasteiger partial charge < -0.3 is 5.32 Å². The Bertz CT molecular complexity index is 701. The van der Waals surface area contributed by atoms with Gasteiger partial charge in [-0.15, -0.1) is 0 Å². The smallest absolute Gasteiger partial charge is 0.0819 e. The average Bonchev–Trinajstić information content (AvgIpc) is 3.03. The number of benzene rings is 2. The zero-order valence-corrected chi connectivity index (χ0v) is 12.2. The second-order valence-electron chi connectivity index (χ2n) is 4.99. The van der Waals surface area contributed by atoms with Gasteiger partial charge in [0.15, 0.2) is 0 Å². The standard InChI is InChI=1S/C18H19N3/c1-2-15-7-6-8-16(13-15)19-14-17-11-12-21(20-17)18-9-4-3-5-10-18/h3-13,19H,2,14H2,1H3. The minimum Gasteiger partial charge on any atom is -0.379 e. The molecule has 3 aromatic rings. The molecule has 3 heteroatoms. The average molecular weight is 277 g/mol. The summed E-state index contributed by atoms with van der Waals surface area (Å²) in [5.74, 6) is 0. The molecule has 1 N–H and O–H groups in total. The zero-order chi connectivity index (χ0) is 14.5. The first-order valence-corrected chi connectivity index (χ1v) is 7.28. The molecule has 21 heavy (non-hydrogen) atoms. The molecule has 0 amide bonds. The lowest BCUT2D eigenvalue weighted by Gasteiger charge is -2.06. The third kappa shape index (κ3) is 3.31. The van der Waals surface area contributed by atoms with Crippen LogP contribution in [0.4, 0.5) is 5.69 Å². The van der Waals surface area contributed by atoms with Crippen molar-refractivity contribution in [1.29, 1.82) is 0 Å². The Morgan fingerprint density at radius 2 is 1.86 bits per heavy atom. The highest BCUT2D eigenvalue weighted by atomic mass is 15.3. The number of hydrogen-bond donors (Lipinski definition) is 1. The molecule has 0 aliphatic rings. The number of rotatable bonds is 5. The van der Waals surface area contributed by atoms with E-state index in [0.29, 0.717) is 0 Å². The fraction of sp³-hybridized carbons (Fsp3) is 0.167. The van der Waals surface area contributed by atoms with E-state index in [2.05, 4.69) is 53.7 Å². The van der Waals surface area contributed by atoms with Crippen LogP contribution in [0.5, 0.6) is 0 Å². The van der Waals surface area contributed by atoms with Crippen molar-refractivity contribution >= 4 is 5.69 Å². The molecule has 3 nitrogen and oxygen atoms in total. The van der Waals surface area contributed by atoms with Gasteiger partial charge >= 0.3 is 0 Å². The van der Waals surface area contributed by atoms with Crippen molar-refractivity contribution in [1.82, 2.24) is 9.78 Å². The van der Waals surface area contributed by atoms with Crippen LogP contribution in [-0.4, -0.2) is 9.78 Å². The molecule has 0 saturated heterocycles. The topological polar surface area (TPSA) is 29.9 Å². The third-order valence-electron chi connectivity index (χ3n) is 3.47. The van der Waals surface area contributed by atoms with Crippen LogP contribution in [0.3, 0.4) is 0 Å². The van der Waals surface area contributed by atoms with Crippen LogP contribution in [0.2, 0.25) is 0 Å². The maximum atomic E-state index is 4.59. The monoisotopic (exact) mass is 277 g/mol. The van der Waals surface area contributed by atoms with Gasteiger partial charge in [-0.3, -0.25) is 0 Å². The summed E-state index contributed by atoms with van der Waals surface area (Å²) in [6, 6.07) is 20.7. The van der Waals surface area contributed by atoms with Crippen molar-refractivity contribution in [3.05, 3.63) is 78.1 Å². The summed E-state index contributed by atoms with van der Waals surface area (Å²) in [7, 11) is 0. The lowest BCUT2D eigenvalue weighted by molar-refractivity contribution is 0.844. The summed E-state index contributed by atoms with van der Waals surface area (Å²) in [6.45, 7) is 2.90. The summed E-state index contributed by atoms with van der Waals surface area (Å²) in [4.78, 5) is 0. The quantitative estimate of drug-likeness (QED) is 0.762. The zero-order valence-electron chi connectivity index (χ0n) is 12.2. The van der Waals surface area contributed by atoms with Gasteiger partial charge in [-0.25, -0.2) is 4.68 Å². The molecule has 0 unspecified atom stereocenters. The van der Waals surface area contributed by atoms with Crippen LogP contribution in [-0.2, 0) is 13.0 Å². The molecule has 0 saturated carbocycles. The minimum absolute atomic E-state index is 0.729. The highest BCUT2D eigenvalue weighted by Gasteiger charge is 2.01. The Morgan fingerprint density at radius 3 is 2.67 bits per heavy atom. The Kier molecular flexibility index (Phi) is 4.01. The number of aromatic nitrogens is 2. The number of aryl methyl sites for hydroxylation is 1. The molecule has 106 valence electrons. The van der Waals surface area contributed by atoms with Gasteiger partial charge in [0.2, 0.25) is 0 Å². The molecule has 1 heterocycles. The van der Waals surface area contributed by atoms with E-state index in [1.807, 2.05) is 35.1 Å². The van der Waals surface area contributed by atoms with Crippen LogP contribution in [0, 0.1) is 0 Å². The van der Waals surface area contributed by atoms with Crippen LogP contribution in [0.15, 0.2) is 66.9 Å². The van der Waals surface area contributed by atoms with Crippen LogP contribution in [0.25, 0.3) is 5.69 Å². The summed E-state index contributed by atoms with van der Waals surface area (Å²) in [5, 5.41) is 8.02. The maximum absolute atomic E-state index is 4.59. The van der Waals surface area contributed by atoms with Gasteiger partial charge in [-0.2, -0.15) is 5.10 Å². The van der Waals surface area contributed by atoms with Crippen LogP contribution >= 0.6 is 0 Å². The number of anilines is 1. The molecule has 0 radical (unpaired) electrons. The molecule has 1 aromatic heterocycles. The Labute approximate surface area is 125 Å². The molecule has 3 rings (SSSR count). The van der Waals surface area contributed by atoms with E-state index < -0.39 is 0 Å². The largest absolute Gasteiger partial charge is 0.379 e. The molecule has 2 aromatic carbocycles. The van der Waals surface area contributed by atoms with Crippen LogP contribution < -0.4 is 5.32 Å². The lowest BCUT2D eigenvalue weighted by Crippen LogP contribution is -2.02. The predicted octanol–water partition coefficient (Wildman–Crippen LogP) is 4.05. The van der Waals surface area contributed by atoms with Gasteiger partial charge in [0, 0.05) is 11.9 Å². The molecule has 0 bridgehead atoms. The van der Waals surface area contributed by atoms with Crippen molar-refractivity contribution in [3.63, 3.8) is 0 Å². The summed E-state index contributed by atoms with van der Waals surface area (Å²) < 4.78 is 1.90. The number of nitrogens with zero attached hydrogens (tertiary/aromatic N) is 2. The van der Waals surface area contributed by atoms with E-state index in [1.54, 1.807) is 0 Å².